The number of fused-ring (bicyclic) bond motifs is 1. The first-order valence-corrected chi connectivity index (χ1v) is 5.07. The molecular formula is C13H13NO2. The van der Waals surface area contributed by atoms with Gasteiger partial charge in [-0.25, -0.2) is 0 Å². The van der Waals surface area contributed by atoms with Crippen LogP contribution in [-0.2, 0) is 13.5 Å². The van der Waals surface area contributed by atoms with Gasteiger partial charge in [0.15, 0.2) is 5.75 Å². The molecule has 0 atom stereocenters. The van der Waals surface area contributed by atoms with Gasteiger partial charge in [0.1, 0.15) is 0 Å². The maximum Gasteiger partial charge on any atom is 0.293 e. The van der Waals surface area contributed by atoms with Gasteiger partial charge in [-0.2, -0.15) is 0 Å². The van der Waals surface area contributed by atoms with Crippen LogP contribution in [-0.4, -0.2) is 9.67 Å². The Bertz CT molecular complexity index is 611. The molecule has 3 heteroatoms. The first kappa shape index (κ1) is 10.5. The van der Waals surface area contributed by atoms with Crippen LogP contribution in [0.15, 0.2) is 41.7 Å². The van der Waals surface area contributed by atoms with Gasteiger partial charge in [-0.05, 0) is 12.5 Å². The average Bonchev–Trinajstić information content (AvgIpc) is 2.32. The van der Waals surface area contributed by atoms with Crippen molar-refractivity contribution >= 4 is 10.9 Å². The van der Waals surface area contributed by atoms with Crippen molar-refractivity contribution in [1.29, 1.82) is 0 Å². The molecule has 2 rings (SSSR count). The Labute approximate surface area is 93.3 Å². The number of hydrogen-bond acceptors (Lipinski definition) is 2. The van der Waals surface area contributed by atoms with E-state index in [-0.39, 0.29) is 11.3 Å². The van der Waals surface area contributed by atoms with Crippen LogP contribution < -0.4 is 5.56 Å². The predicted octanol–water partition coefficient (Wildman–Crippen LogP) is 1.97. The second kappa shape index (κ2) is 3.85. The molecule has 82 valence electrons. The van der Waals surface area contributed by atoms with Crippen LogP contribution >= 0.6 is 0 Å². The quantitative estimate of drug-likeness (QED) is 0.778. The lowest BCUT2D eigenvalue weighted by molar-refractivity contribution is 0.458. The van der Waals surface area contributed by atoms with Crippen molar-refractivity contribution in [3.05, 3.63) is 52.8 Å². The van der Waals surface area contributed by atoms with Crippen LogP contribution in [0.25, 0.3) is 10.9 Å². The van der Waals surface area contributed by atoms with Gasteiger partial charge in [-0.3, -0.25) is 4.79 Å². The van der Waals surface area contributed by atoms with Crippen LogP contribution in [0.3, 0.4) is 0 Å². The second-order valence-corrected chi connectivity index (χ2v) is 3.70. The summed E-state index contributed by atoms with van der Waals surface area (Å²) in [5.74, 6) is -0.180. The molecule has 0 saturated heterocycles. The number of benzene rings is 1. The SMILES string of the molecule is C=CCc1c(O)c(=O)n(C)c2ccccc12. The van der Waals surface area contributed by atoms with Gasteiger partial charge in [0.25, 0.3) is 5.56 Å². The van der Waals surface area contributed by atoms with Crippen LogP contribution in [0, 0.1) is 0 Å². The molecule has 0 aliphatic heterocycles. The molecule has 0 aliphatic rings. The van der Waals surface area contributed by atoms with Crippen LogP contribution in [0.5, 0.6) is 5.75 Å². The molecule has 0 saturated carbocycles. The molecule has 0 amide bonds. The highest BCUT2D eigenvalue weighted by atomic mass is 16.3. The maximum atomic E-state index is 11.8. The van der Waals surface area contributed by atoms with E-state index in [1.54, 1.807) is 13.1 Å². The van der Waals surface area contributed by atoms with Gasteiger partial charge in [-0.1, -0.05) is 24.3 Å². The maximum absolute atomic E-state index is 11.8. The summed E-state index contributed by atoms with van der Waals surface area (Å²) in [5, 5.41) is 10.7. The van der Waals surface area contributed by atoms with Crippen LogP contribution in [0.4, 0.5) is 0 Å². The second-order valence-electron chi connectivity index (χ2n) is 3.70. The number of para-hydroxylation sites is 1. The minimum absolute atomic E-state index is 0.180. The van der Waals surface area contributed by atoms with E-state index in [4.69, 9.17) is 0 Å². The molecule has 1 heterocycles. The molecule has 1 N–H and O–H groups in total. The number of pyridine rings is 1. The fraction of sp³-hybridized carbons (Fsp3) is 0.154. The summed E-state index contributed by atoms with van der Waals surface area (Å²) in [6.07, 6.45) is 2.17. The van der Waals surface area contributed by atoms with Gasteiger partial charge < -0.3 is 9.67 Å². The minimum atomic E-state index is -0.365. The number of allylic oxidation sites excluding steroid dienone is 1. The largest absolute Gasteiger partial charge is 0.503 e. The number of aryl methyl sites for hydroxylation is 1. The Hall–Kier alpha value is -2.03. The molecule has 1 aromatic carbocycles. The molecule has 0 spiro atoms. The van der Waals surface area contributed by atoms with E-state index in [9.17, 15) is 9.90 Å². The lowest BCUT2D eigenvalue weighted by Gasteiger charge is -2.10. The fourth-order valence-corrected chi connectivity index (χ4v) is 1.90. The molecule has 16 heavy (non-hydrogen) atoms. The number of aromatic hydroxyl groups is 1. The molecule has 0 aliphatic carbocycles. The standard InChI is InChI=1S/C13H13NO2/c1-3-6-10-9-7-4-5-8-11(9)14(2)13(16)12(10)15/h3-5,7-8,15H,1,6H2,2H3. The molecule has 2 aromatic rings. The number of aromatic nitrogens is 1. The van der Waals surface area contributed by atoms with E-state index in [0.29, 0.717) is 12.0 Å². The lowest BCUT2D eigenvalue weighted by atomic mass is 10.0. The van der Waals surface area contributed by atoms with Crippen LogP contribution in [0.2, 0.25) is 0 Å². The summed E-state index contributed by atoms with van der Waals surface area (Å²) in [7, 11) is 1.65. The Kier molecular flexibility index (Phi) is 2.52. The summed E-state index contributed by atoms with van der Waals surface area (Å²) in [5.41, 5.74) is 1.10. The lowest BCUT2D eigenvalue weighted by Crippen LogP contribution is -2.18. The Balaban J connectivity index is 2.97. The Morgan fingerprint density at radius 1 is 1.44 bits per heavy atom. The summed E-state index contributed by atoms with van der Waals surface area (Å²) in [6, 6.07) is 7.52. The van der Waals surface area contributed by atoms with Crippen molar-refractivity contribution in [3.8, 4) is 5.75 Å². The molecular weight excluding hydrogens is 202 g/mol. The Morgan fingerprint density at radius 2 is 2.12 bits per heavy atom. The van der Waals surface area contributed by atoms with Gasteiger partial charge in [0, 0.05) is 18.0 Å². The highest BCUT2D eigenvalue weighted by molar-refractivity contribution is 5.84. The fourth-order valence-electron chi connectivity index (χ4n) is 1.90. The van der Waals surface area contributed by atoms with Gasteiger partial charge in [0.2, 0.25) is 0 Å². The molecule has 0 radical (unpaired) electrons. The summed E-state index contributed by atoms with van der Waals surface area (Å²) in [6.45, 7) is 3.64. The van der Waals surface area contributed by atoms with Crippen molar-refractivity contribution in [2.24, 2.45) is 7.05 Å². The zero-order valence-corrected chi connectivity index (χ0v) is 9.10. The third-order valence-corrected chi connectivity index (χ3v) is 2.73. The first-order valence-electron chi connectivity index (χ1n) is 5.07. The molecule has 1 aromatic heterocycles. The average molecular weight is 215 g/mol. The van der Waals surface area contributed by atoms with Crippen molar-refractivity contribution < 1.29 is 5.11 Å². The first-order chi connectivity index (χ1) is 7.66. The zero-order valence-electron chi connectivity index (χ0n) is 9.10. The van der Waals surface area contributed by atoms with E-state index < -0.39 is 0 Å². The van der Waals surface area contributed by atoms with Crippen molar-refractivity contribution in [2.75, 3.05) is 0 Å². The summed E-state index contributed by atoms with van der Waals surface area (Å²) in [4.78, 5) is 11.8. The number of nitrogens with zero attached hydrogens (tertiary/aromatic N) is 1. The minimum Gasteiger partial charge on any atom is -0.503 e. The third-order valence-electron chi connectivity index (χ3n) is 2.73. The highest BCUT2D eigenvalue weighted by Gasteiger charge is 2.12. The molecule has 0 fully saturated rings. The third kappa shape index (κ3) is 1.41. The number of rotatable bonds is 2. The molecule has 0 unspecified atom stereocenters. The van der Waals surface area contributed by atoms with E-state index in [1.165, 1.54) is 4.57 Å². The van der Waals surface area contributed by atoms with Gasteiger partial charge in [0.05, 0.1) is 5.52 Å². The number of hydrogen-bond donors (Lipinski definition) is 1. The Morgan fingerprint density at radius 3 is 2.81 bits per heavy atom. The highest BCUT2D eigenvalue weighted by Crippen LogP contribution is 2.23. The monoisotopic (exact) mass is 215 g/mol. The zero-order chi connectivity index (χ0) is 11.7. The van der Waals surface area contributed by atoms with Crippen molar-refractivity contribution in [3.63, 3.8) is 0 Å². The van der Waals surface area contributed by atoms with E-state index in [1.807, 2.05) is 24.3 Å². The topological polar surface area (TPSA) is 42.2 Å². The van der Waals surface area contributed by atoms with E-state index in [0.717, 1.165) is 10.9 Å². The van der Waals surface area contributed by atoms with E-state index >= 15 is 0 Å². The molecule has 0 bridgehead atoms. The van der Waals surface area contributed by atoms with E-state index in [2.05, 4.69) is 6.58 Å². The summed E-state index contributed by atoms with van der Waals surface area (Å²) < 4.78 is 1.46. The predicted molar refractivity (Wildman–Crippen MR) is 64.8 cm³/mol. The van der Waals surface area contributed by atoms with Crippen LogP contribution in [0.1, 0.15) is 5.56 Å². The van der Waals surface area contributed by atoms with Gasteiger partial charge in [-0.15, -0.1) is 6.58 Å². The normalized spacial score (nSPS) is 10.6. The smallest absolute Gasteiger partial charge is 0.293 e. The van der Waals surface area contributed by atoms with Crippen molar-refractivity contribution in [2.45, 2.75) is 6.42 Å². The summed E-state index contributed by atoms with van der Waals surface area (Å²) >= 11 is 0. The van der Waals surface area contributed by atoms with Crippen molar-refractivity contribution in [1.82, 2.24) is 4.57 Å². The van der Waals surface area contributed by atoms with Gasteiger partial charge >= 0.3 is 0 Å². The molecule has 3 nitrogen and oxygen atoms in total.